The molecule has 0 radical (unpaired) electrons. The second kappa shape index (κ2) is 6.55. The number of hydrogen-bond acceptors (Lipinski definition) is 7. The number of nitrogens with zero attached hydrogens (tertiary/aromatic N) is 2. The summed E-state index contributed by atoms with van der Waals surface area (Å²) < 4.78 is 30.0. The number of thioether (sulfide) groups is 1. The van der Waals surface area contributed by atoms with Crippen LogP contribution in [0.4, 0.5) is 0 Å². The van der Waals surface area contributed by atoms with Gasteiger partial charge in [0.15, 0.2) is 0 Å². The molecule has 2 saturated heterocycles. The molecule has 8 nitrogen and oxygen atoms in total. The third-order valence-corrected chi connectivity index (χ3v) is 8.01. The highest BCUT2D eigenvalue weighted by atomic mass is 32.3. The first-order valence-corrected chi connectivity index (χ1v) is 10.7. The summed E-state index contributed by atoms with van der Waals surface area (Å²) in [6, 6.07) is 5.39. The molecular weight excluding hydrogens is 398 g/mol. The molecule has 2 aliphatic rings. The van der Waals surface area contributed by atoms with Gasteiger partial charge in [-0.3, -0.25) is 4.79 Å². The summed E-state index contributed by atoms with van der Waals surface area (Å²) in [5, 5.41) is 8.88. The van der Waals surface area contributed by atoms with Crippen molar-refractivity contribution >= 4 is 51.5 Å². The lowest BCUT2D eigenvalue weighted by Crippen LogP contribution is -2.63. The lowest BCUT2D eigenvalue weighted by molar-refractivity contribution is -0.150. The van der Waals surface area contributed by atoms with Crippen molar-refractivity contribution in [1.82, 2.24) is 9.03 Å². The molecule has 2 atom stereocenters. The third kappa shape index (κ3) is 3.24. The predicted molar refractivity (Wildman–Crippen MR) is 100 cm³/mol. The molecule has 0 bridgehead atoms. The number of fused-ring (bicyclic) bond motifs is 1. The molecule has 2 N–H and O–H groups in total. The van der Waals surface area contributed by atoms with Crippen molar-refractivity contribution < 1.29 is 23.1 Å². The Kier molecular flexibility index (Phi) is 4.84. The molecular formula is C15H17N3O5S3. The van der Waals surface area contributed by atoms with E-state index in [0.717, 1.165) is 5.56 Å². The minimum absolute atomic E-state index is 0.0969. The van der Waals surface area contributed by atoms with Crippen LogP contribution in [0.15, 0.2) is 33.6 Å². The molecule has 26 heavy (non-hydrogen) atoms. The maximum absolute atomic E-state index is 12.2. The molecule has 1 aromatic carbocycles. The molecule has 0 unspecified atom stereocenters. The summed E-state index contributed by atoms with van der Waals surface area (Å²) in [4.78, 5) is 25.1. The van der Waals surface area contributed by atoms with E-state index in [-0.39, 0.29) is 10.6 Å². The number of benzene rings is 1. The van der Waals surface area contributed by atoms with Gasteiger partial charge in [0.05, 0.1) is 17.0 Å². The van der Waals surface area contributed by atoms with E-state index in [1.807, 2.05) is 6.92 Å². The number of carboxylic acid groups (broad SMARTS) is 1. The molecule has 0 spiro atoms. The number of carbonyl (C=O) groups excluding carboxylic acids is 1. The SMILES string of the molecule is Cc1ccc(S(=O)(=O)NS/N=C2\C(=O)N3[C@@H]2SC(C)(C)[C@@H]3C(=O)O)cc1. The molecule has 0 aromatic heterocycles. The molecule has 2 aliphatic heterocycles. The summed E-state index contributed by atoms with van der Waals surface area (Å²) in [5.41, 5.74) is 1.09. The molecule has 0 aliphatic carbocycles. The van der Waals surface area contributed by atoms with Gasteiger partial charge in [-0.15, -0.1) is 15.9 Å². The second-order valence-electron chi connectivity index (χ2n) is 6.49. The average Bonchev–Trinajstić information content (AvgIpc) is 2.80. The molecule has 1 aromatic rings. The fraction of sp³-hybridized carbons (Fsp3) is 0.400. The zero-order valence-electron chi connectivity index (χ0n) is 14.2. The van der Waals surface area contributed by atoms with E-state index in [2.05, 4.69) is 8.53 Å². The lowest BCUT2D eigenvalue weighted by atomic mass is 9.98. The fourth-order valence-electron chi connectivity index (χ4n) is 2.85. The Balaban J connectivity index is 1.70. The predicted octanol–water partition coefficient (Wildman–Crippen LogP) is 1.42. The largest absolute Gasteiger partial charge is 0.480 e. The number of sulfonamides is 1. The Morgan fingerprint density at radius 1 is 1.35 bits per heavy atom. The molecule has 2 fully saturated rings. The smallest absolute Gasteiger partial charge is 0.327 e. The van der Waals surface area contributed by atoms with Gasteiger partial charge in [0.25, 0.3) is 15.9 Å². The van der Waals surface area contributed by atoms with Gasteiger partial charge in [0, 0.05) is 4.75 Å². The minimum atomic E-state index is -3.76. The van der Waals surface area contributed by atoms with Gasteiger partial charge in [0.1, 0.15) is 17.1 Å². The van der Waals surface area contributed by atoms with E-state index in [9.17, 15) is 23.1 Å². The summed E-state index contributed by atoms with van der Waals surface area (Å²) in [7, 11) is -3.76. The van der Waals surface area contributed by atoms with Crippen molar-refractivity contribution in [1.29, 1.82) is 0 Å². The first-order chi connectivity index (χ1) is 12.0. The van der Waals surface area contributed by atoms with Gasteiger partial charge in [-0.1, -0.05) is 17.7 Å². The van der Waals surface area contributed by atoms with E-state index >= 15 is 0 Å². The molecule has 140 valence electrons. The number of aliphatic carboxylic acids is 1. The van der Waals surface area contributed by atoms with Crippen LogP contribution in [-0.4, -0.2) is 52.2 Å². The maximum Gasteiger partial charge on any atom is 0.327 e. The van der Waals surface area contributed by atoms with Crippen LogP contribution >= 0.6 is 23.9 Å². The Morgan fingerprint density at radius 3 is 2.54 bits per heavy atom. The summed E-state index contributed by atoms with van der Waals surface area (Å²) in [6.45, 7) is 5.36. The van der Waals surface area contributed by atoms with Crippen molar-refractivity contribution in [2.75, 3.05) is 0 Å². The zero-order chi connectivity index (χ0) is 19.3. The van der Waals surface area contributed by atoms with Crippen LogP contribution in [0, 0.1) is 6.92 Å². The number of carboxylic acids is 1. The van der Waals surface area contributed by atoms with Crippen molar-refractivity contribution in [3.8, 4) is 0 Å². The average molecular weight is 416 g/mol. The molecule has 1 amide bonds. The van der Waals surface area contributed by atoms with E-state index in [1.165, 1.54) is 28.8 Å². The summed E-state index contributed by atoms with van der Waals surface area (Å²) >= 11 is 1.87. The lowest BCUT2D eigenvalue weighted by Gasteiger charge is -2.37. The van der Waals surface area contributed by atoms with Crippen LogP contribution in [0.5, 0.6) is 0 Å². The van der Waals surface area contributed by atoms with Crippen LogP contribution in [0.25, 0.3) is 0 Å². The number of amides is 1. The monoisotopic (exact) mass is 415 g/mol. The van der Waals surface area contributed by atoms with E-state index < -0.39 is 38.1 Å². The van der Waals surface area contributed by atoms with Crippen molar-refractivity contribution in [3.63, 3.8) is 0 Å². The Labute approximate surface area is 159 Å². The number of hydrogen-bond donors (Lipinski definition) is 2. The number of nitrogens with one attached hydrogen (secondary N) is 1. The molecule has 2 heterocycles. The molecule has 3 rings (SSSR count). The van der Waals surface area contributed by atoms with Gasteiger partial charge >= 0.3 is 5.97 Å². The Bertz CT molecular complexity index is 896. The van der Waals surface area contributed by atoms with E-state index in [1.54, 1.807) is 26.0 Å². The van der Waals surface area contributed by atoms with Crippen LogP contribution in [0.3, 0.4) is 0 Å². The Morgan fingerprint density at radius 2 is 1.96 bits per heavy atom. The number of aryl methyl sites for hydroxylation is 1. The minimum Gasteiger partial charge on any atom is -0.480 e. The van der Waals surface area contributed by atoms with Crippen LogP contribution in [0.1, 0.15) is 19.4 Å². The highest BCUT2D eigenvalue weighted by molar-refractivity contribution is 8.08. The van der Waals surface area contributed by atoms with Crippen molar-refractivity contribution in [2.45, 2.75) is 41.8 Å². The number of rotatable bonds is 5. The molecule has 11 heteroatoms. The van der Waals surface area contributed by atoms with Crippen LogP contribution in [0.2, 0.25) is 0 Å². The topological polar surface area (TPSA) is 116 Å². The van der Waals surface area contributed by atoms with Crippen molar-refractivity contribution in [3.05, 3.63) is 29.8 Å². The quantitative estimate of drug-likeness (QED) is 0.552. The number of carbonyl (C=O) groups is 2. The third-order valence-electron chi connectivity index (χ3n) is 4.15. The summed E-state index contributed by atoms with van der Waals surface area (Å²) in [6.07, 6.45) is 0. The first-order valence-electron chi connectivity index (χ1n) is 7.60. The second-order valence-corrected chi connectivity index (χ2v) is 10.7. The van der Waals surface area contributed by atoms with Crippen molar-refractivity contribution in [2.24, 2.45) is 4.40 Å². The van der Waals surface area contributed by atoms with E-state index in [4.69, 9.17) is 0 Å². The summed E-state index contributed by atoms with van der Waals surface area (Å²) in [5.74, 6) is -1.55. The van der Waals surface area contributed by atoms with Gasteiger partial charge in [0.2, 0.25) is 0 Å². The Hall–Kier alpha value is -1.56. The number of β-lactam (4-membered cyclic amide) rings is 1. The molecule has 0 saturated carbocycles. The van der Waals surface area contributed by atoms with Gasteiger partial charge in [-0.25, -0.2) is 13.2 Å². The maximum atomic E-state index is 12.2. The highest BCUT2D eigenvalue weighted by Crippen LogP contribution is 2.49. The van der Waals surface area contributed by atoms with Gasteiger partial charge < -0.3 is 10.0 Å². The standard InChI is InChI=1S/C15H17N3O5S3/c1-8-4-6-9(7-5-8)26(22,23)17-25-16-10-12(19)18-11(14(20)21)15(2,3)24-13(10)18/h4-7,11,13,17H,1-3H3,(H,20,21)/b16-10+/t11-,13+/m0/s1. The zero-order valence-corrected chi connectivity index (χ0v) is 16.6. The van der Waals surface area contributed by atoms with E-state index in [0.29, 0.717) is 12.1 Å². The van der Waals surface area contributed by atoms with Crippen LogP contribution < -0.4 is 4.13 Å². The fourth-order valence-corrected chi connectivity index (χ4v) is 6.12. The van der Waals surface area contributed by atoms with Gasteiger partial charge in [-0.05, 0) is 32.9 Å². The highest BCUT2D eigenvalue weighted by Gasteiger charge is 2.62. The normalized spacial score (nSPS) is 25.9. The van der Waals surface area contributed by atoms with Crippen LogP contribution in [-0.2, 0) is 19.6 Å². The van der Waals surface area contributed by atoms with Gasteiger partial charge in [-0.2, -0.15) is 4.40 Å². The first kappa shape index (κ1) is 19.2.